The fourth-order valence-electron chi connectivity index (χ4n) is 0.389. The standard InChI is InChI=1S/C8H8N4O3/c1-7(3-9,5-13)11-12-8(2,4-10)6(14)15/h5H,1-2H3,(H,14,15). The van der Waals surface area contributed by atoms with Gasteiger partial charge in [0.25, 0.3) is 5.54 Å². The molecule has 0 heterocycles. The van der Waals surface area contributed by atoms with E-state index in [2.05, 4.69) is 10.2 Å². The first-order chi connectivity index (χ1) is 6.83. The summed E-state index contributed by atoms with van der Waals surface area (Å²) in [6.07, 6.45) is 0.218. The van der Waals surface area contributed by atoms with Crippen LogP contribution in [0.5, 0.6) is 0 Å². The van der Waals surface area contributed by atoms with Crippen molar-refractivity contribution in [1.29, 1.82) is 10.5 Å². The third kappa shape index (κ3) is 2.85. The van der Waals surface area contributed by atoms with Crippen molar-refractivity contribution < 1.29 is 14.7 Å². The van der Waals surface area contributed by atoms with Gasteiger partial charge in [0.15, 0.2) is 6.29 Å². The molecule has 0 saturated heterocycles. The molecule has 0 rings (SSSR count). The number of aldehydes is 1. The Morgan fingerprint density at radius 3 is 2.13 bits per heavy atom. The Kier molecular flexibility index (Phi) is 3.64. The molecule has 0 aromatic rings. The monoisotopic (exact) mass is 208 g/mol. The third-order valence-corrected chi connectivity index (χ3v) is 1.55. The lowest BCUT2D eigenvalue weighted by atomic mass is 10.1. The predicted molar refractivity (Wildman–Crippen MR) is 46.6 cm³/mol. The van der Waals surface area contributed by atoms with Crippen LogP contribution in [0.2, 0.25) is 0 Å². The van der Waals surface area contributed by atoms with Gasteiger partial charge in [-0.05, 0) is 13.8 Å². The number of carboxylic acids is 1. The number of hydrogen-bond acceptors (Lipinski definition) is 6. The van der Waals surface area contributed by atoms with E-state index >= 15 is 0 Å². The average Bonchev–Trinajstić information content (AvgIpc) is 2.25. The summed E-state index contributed by atoms with van der Waals surface area (Å²) in [6, 6.07) is 2.95. The number of nitrogens with zero attached hydrogens (tertiary/aromatic N) is 4. The summed E-state index contributed by atoms with van der Waals surface area (Å²) >= 11 is 0. The van der Waals surface area contributed by atoms with Gasteiger partial charge in [0.1, 0.15) is 12.1 Å². The highest BCUT2D eigenvalue weighted by molar-refractivity contribution is 5.82. The highest BCUT2D eigenvalue weighted by Crippen LogP contribution is 2.14. The smallest absolute Gasteiger partial charge is 0.348 e. The summed E-state index contributed by atoms with van der Waals surface area (Å²) in [5, 5.41) is 32.1. The normalized spacial score (nSPS) is 18.1. The largest absolute Gasteiger partial charge is 0.479 e. The van der Waals surface area contributed by atoms with Crippen molar-refractivity contribution in [2.75, 3.05) is 0 Å². The van der Waals surface area contributed by atoms with Gasteiger partial charge >= 0.3 is 5.97 Å². The Labute approximate surface area is 85.6 Å². The summed E-state index contributed by atoms with van der Waals surface area (Å²) in [4.78, 5) is 21.0. The molecule has 7 nitrogen and oxygen atoms in total. The summed E-state index contributed by atoms with van der Waals surface area (Å²) in [5.41, 5.74) is -3.84. The van der Waals surface area contributed by atoms with Crippen LogP contribution >= 0.6 is 0 Å². The maximum absolute atomic E-state index is 10.6. The van der Waals surface area contributed by atoms with Crippen LogP contribution in [0.15, 0.2) is 10.2 Å². The molecule has 2 atom stereocenters. The number of azo groups is 1. The van der Waals surface area contributed by atoms with E-state index in [1.54, 1.807) is 0 Å². The molecular formula is C8H8N4O3. The third-order valence-electron chi connectivity index (χ3n) is 1.55. The lowest BCUT2D eigenvalue weighted by Crippen LogP contribution is -2.32. The van der Waals surface area contributed by atoms with Gasteiger partial charge in [0.05, 0.1) is 0 Å². The molecule has 0 aliphatic carbocycles. The summed E-state index contributed by atoms with van der Waals surface area (Å²) in [6.45, 7) is 2.17. The van der Waals surface area contributed by atoms with E-state index in [1.165, 1.54) is 12.1 Å². The molecule has 0 fully saturated rings. The maximum Gasteiger partial charge on any atom is 0.348 e. The summed E-state index contributed by atoms with van der Waals surface area (Å²) in [5.74, 6) is -1.50. The fourth-order valence-corrected chi connectivity index (χ4v) is 0.389. The molecule has 78 valence electrons. The molecule has 0 amide bonds. The molecule has 0 aromatic carbocycles. The zero-order chi connectivity index (χ0) is 12.1. The summed E-state index contributed by atoms with van der Waals surface area (Å²) in [7, 11) is 0. The lowest BCUT2D eigenvalue weighted by Gasteiger charge is -2.11. The van der Waals surface area contributed by atoms with Gasteiger partial charge in [-0.3, -0.25) is 4.79 Å². The van der Waals surface area contributed by atoms with Crippen LogP contribution in [0.4, 0.5) is 0 Å². The zero-order valence-electron chi connectivity index (χ0n) is 8.13. The Morgan fingerprint density at radius 1 is 1.33 bits per heavy atom. The molecule has 0 spiro atoms. The Morgan fingerprint density at radius 2 is 1.87 bits per heavy atom. The van der Waals surface area contributed by atoms with Crippen LogP contribution < -0.4 is 0 Å². The van der Waals surface area contributed by atoms with Gasteiger partial charge in [-0.1, -0.05) is 0 Å². The Balaban J connectivity index is 5.12. The van der Waals surface area contributed by atoms with Gasteiger partial charge in [-0.25, -0.2) is 4.79 Å². The second-order valence-corrected chi connectivity index (χ2v) is 3.07. The SMILES string of the molecule is CC(C#N)(C=O)N=NC(C)(C#N)C(=O)O. The molecule has 7 heteroatoms. The lowest BCUT2D eigenvalue weighted by molar-refractivity contribution is -0.140. The van der Waals surface area contributed by atoms with E-state index in [0.29, 0.717) is 0 Å². The molecule has 15 heavy (non-hydrogen) atoms. The number of carboxylic acid groups (broad SMARTS) is 1. The first kappa shape index (κ1) is 12.7. The van der Waals surface area contributed by atoms with Crippen molar-refractivity contribution >= 4 is 12.3 Å². The van der Waals surface area contributed by atoms with Crippen molar-refractivity contribution in [2.24, 2.45) is 10.2 Å². The summed E-state index contributed by atoms with van der Waals surface area (Å²) < 4.78 is 0. The maximum atomic E-state index is 10.6. The number of hydrogen-bond donors (Lipinski definition) is 1. The quantitative estimate of drug-likeness (QED) is 0.524. The van der Waals surface area contributed by atoms with E-state index in [9.17, 15) is 9.59 Å². The van der Waals surface area contributed by atoms with Crippen molar-refractivity contribution in [3.63, 3.8) is 0 Å². The van der Waals surface area contributed by atoms with Crippen LogP contribution in [0, 0.1) is 22.7 Å². The number of rotatable bonds is 4. The topological polar surface area (TPSA) is 127 Å². The minimum atomic E-state index is -2.08. The van der Waals surface area contributed by atoms with Crippen LogP contribution in [-0.4, -0.2) is 28.4 Å². The highest BCUT2D eigenvalue weighted by Gasteiger charge is 2.35. The van der Waals surface area contributed by atoms with Crippen molar-refractivity contribution in [3.8, 4) is 12.1 Å². The van der Waals surface area contributed by atoms with Gasteiger partial charge in [0, 0.05) is 0 Å². The fraction of sp³-hybridized carbons (Fsp3) is 0.500. The Hall–Kier alpha value is -2.28. The van der Waals surface area contributed by atoms with Crippen LogP contribution in [0.3, 0.4) is 0 Å². The number of aliphatic carboxylic acids is 1. The van der Waals surface area contributed by atoms with Crippen molar-refractivity contribution in [2.45, 2.75) is 24.9 Å². The van der Waals surface area contributed by atoms with E-state index in [4.69, 9.17) is 15.6 Å². The van der Waals surface area contributed by atoms with E-state index in [1.807, 2.05) is 0 Å². The van der Waals surface area contributed by atoms with Gasteiger partial charge in [0.2, 0.25) is 5.54 Å². The molecule has 0 radical (unpaired) electrons. The number of carbonyl (C=O) groups is 2. The second-order valence-electron chi connectivity index (χ2n) is 3.07. The van der Waals surface area contributed by atoms with Crippen molar-refractivity contribution in [1.82, 2.24) is 0 Å². The van der Waals surface area contributed by atoms with Gasteiger partial charge in [-0.15, -0.1) is 0 Å². The first-order valence-electron chi connectivity index (χ1n) is 3.80. The first-order valence-corrected chi connectivity index (χ1v) is 3.80. The number of carbonyl (C=O) groups excluding carboxylic acids is 1. The average molecular weight is 208 g/mol. The van der Waals surface area contributed by atoms with Crippen LogP contribution in [0.1, 0.15) is 13.8 Å². The van der Waals surface area contributed by atoms with Crippen LogP contribution in [0.25, 0.3) is 0 Å². The highest BCUT2D eigenvalue weighted by atomic mass is 16.4. The molecular weight excluding hydrogens is 200 g/mol. The molecule has 1 N–H and O–H groups in total. The Bertz CT molecular complexity index is 392. The van der Waals surface area contributed by atoms with E-state index < -0.39 is 17.0 Å². The minimum absolute atomic E-state index is 0.218. The molecule has 2 unspecified atom stereocenters. The number of nitriles is 2. The zero-order valence-corrected chi connectivity index (χ0v) is 8.13. The van der Waals surface area contributed by atoms with E-state index in [-0.39, 0.29) is 6.29 Å². The second kappa shape index (κ2) is 4.29. The predicted octanol–water partition coefficient (Wildman–Crippen LogP) is 0.287. The van der Waals surface area contributed by atoms with Gasteiger partial charge in [-0.2, -0.15) is 20.8 Å². The van der Waals surface area contributed by atoms with Gasteiger partial charge < -0.3 is 5.11 Å². The molecule has 0 aliphatic heterocycles. The van der Waals surface area contributed by atoms with Crippen molar-refractivity contribution in [3.05, 3.63) is 0 Å². The van der Waals surface area contributed by atoms with E-state index in [0.717, 1.165) is 13.8 Å². The molecule has 0 saturated carbocycles. The molecule has 0 bridgehead atoms. The molecule has 0 aliphatic rings. The molecule has 0 aromatic heterocycles. The minimum Gasteiger partial charge on any atom is -0.479 e. The van der Waals surface area contributed by atoms with Crippen LogP contribution in [-0.2, 0) is 9.59 Å².